The molecule has 1 saturated heterocycles. The van der Waals surface area contributed by atoms with Crippen molar-refractivity contribution in [2.75, 3.05) is 26.3 Å². The lowest BCUT2D eigenvalue weighted by Gasteiger charge is -2.16. The molecular formula is C11H22N2O2. The number of ether oxygens (including phenoxy) is 1. The molecule has 0 aromatic heterocycles. The summed E-state index contributed by atoms with van der Waals surface area (Å²) in [4.78, 5) is 11.5. The summed E-state index contributed by atoms with van der Waals surface area (Å²) in [5, 5.41) is 6.36. The fourth-order valence-corrected chi connectivity index (χ4v) is 1.75. The highest BCUT2D eigenvalue weighted by Crippen LogP contribution is 2.04. The Kier molecular flexibility index (Phi) is 6.36. The Labute approximate surface area is 91.8 Å². The third kappa shape index (κ3) is 5.74. The van der Waals surface area contributed by atoms with E-state index in [4.69, 9.17) is 4.74 Å². The highest BCUT2D eigenvalue weighted by Gasteiger charge is 2.13. The van der Waals surface area contributed by atoms with Crippen LogP contribution in [0.4, 0.5) is 0 Å². The summed E-state index contributed by atoms with van der Waals surface area (Å²) in [6, 6.07) is 0.307. The van der Waals surface area contributed by atoms with Gasteiger partial charge in [0.1, 0.15) is 0 Å². The first kappa shape index (κ1) is 12.5. The van der Waals surface area contributed by atoms with Crippen LogP contribution in [0.2, 0.25) is 0 Å². The summed E-state index contributed by atoms with van der Waals surface area (Å²) in [7, 11) is 0. The van der Waals surface area contributed by atoms with Crippen molar-refractivity contribution >= 4 is 5.91 Å². The number of amides is 1. The minimum absolute atomic E-state index is 0.108. The molecule has 1 unspecified atom stereocenters. The highest BCUT2D eigenvalue weighted by molar-refractivity contribution is 5.76. The lowest BCUT2D eigenvalue weighted by atomic mass is 10.1. The zero-order valence-electron chi connectivity index (χ0n) is 9.55. The second-order valence-corrected chi connectivity index (χ2v) is 3.91. The topological polar surface area (TPSA) is 50.4 Å². The maximum absolute atomic E-state index is 11.5. The molecule has 1 heterocycles. The van der Waals surface area contributed by atoms with Gasteiger partial charge in [-0.1, -0.05) is 6.42 Å². The quantitative estimate of drug-likeness (QED) is 0.661. The Morgan fingerprint density at radius 3 is 3.20 bits per heavy atom. The minimum Gasteiger partial charge on any atom is -0.381 e. The van der Waals surface area contributed by atoms with Gasteiger partial charge < -0.3 is 15.4 Å². The molecule has 0 aromatic carbocycles. The predicted octanol–water partition coefficient (Wildman–Crippen LogP) is 0.671. The van der Waals surface area contributed by atoms with Crippen LogP contribution >= 0.6 is 0 Å². The molecule has 0 saturated carbocycles. The zero-order valence-corrected chi connectivity index (χ0v) is 9.55. The van der Waals surface area contributed by atoms with Crippen molar-refractivity contribution in [2.45, 2.75) is 38.6 Å². The third-order valence-electron chi connectivity index (χ3n) is 2.59. The molecule has 15 heavy (non-hydrogen) atoms. The van der Waals surface area contributed by atoms with Crippen molar-refractivity contribution < 1.29 is 9.53 Å². The molecule has 4 heteroatoms. The van der Waals surface area contributed by atoms with Crippen LogP contribution in [0.1, 0.15) is 32.6 Å². The Morgan fingerprint density at radius 1 is 1.53 bits per heavy atom. The molecule has 1 rings (SSSR count). The van der Waals surface area contributed by atoms with E-state index in [1.165, 1.54) is 12.8 Å². The minimum atomic E-state index is 0.108. The molecule has 1 amide bonds. The molecule has 1 atom stereocenters. The first-order chi connectivity index (χ1) is 7.33. The van der Waals surface area contributed by atoms with Gasteiger partial charge in [0.25, 0.3) is 0 Å². The fraction of sp³-hybridized carbons (Fsp3) is 0.909. The maximum Gasteiger partial charge on any atom is 0.222 e. The van der Waals surface area contributed by atoms with Crippen LogP contribution in [0.25, 0.3) is 0 Å². The van der Waals surface area contributed by atoms with Gasteiger partial charge in [-0.3, -0.25) is 4.79 Å². The second-order valence-electron chi connectivity index (χ2n) is 3.91. The number of rotatable bonds is 5. The van der Waals surface area contributed by atoms with E-state index in [1.54, 1.807) is 0 Å². The molecule has 4 nitrogen and oxygen atoms in total. The Morgan fingerprint density at radius 2 is 2.40 bits per heavy atom. The Hall–Kier alpha value is -0.610. The van der Waals surface area contributed by atoms with Crippen LogP contribution in [0.3, 0.4) is 0 Å². The Bertz CT molecular complexity index is 177. The van der Waals surface area contributed by atoms with E-state index >= 15 is 0 Å². The molecule has 0 aliphatic carbocycles. The van der Waals surface area contributed by atoms with Crippen molar-refractivity contribution in [3.8, 4) is 0 Å². The summed E-state index contributed by atoms with van der Waals surface area (Å²) in [5.74, 6) is 0.108. The molecular weight excluding hydrogens is 192 g/mol. The largest absolute Gasteiger partial charge is 0.381 e. The monoisotopic (exact) mass is 214 g/mol. The van der Waals surface area contributed by atoms with Gasteiger partial charge in [0.2, 0.25) is 5.91 Å². The molecule has 1 aliphatic heterocycles. The number of hydrogen-bond acceptors (Lipinski definition) is 3. The highest BCUT2D eigenvalue weighted by atomic mass is 16.5. The van der Waals surface area contributed by atoms with Crippen LogP contribution in [-0.2, 0) is 9.53 Å². The fourth-order valence-electron chi connectivity index (χ4n) is 1.75. The lowest BCUT2D eigenvalue weighted by Crippen LogP contribution is -2.41. The average Bonchev–Trinajstić information content (AvgIpc) is 2.47. The summed E-state index contributed by atoms with van der Waals surface area (Å²) in [5.41, 5.74) is 0. The van der Waals surface area contributed by atoms with Crippen molar-refractivity contribution in [2.24, 2.45) is 0 Å². The number of nitrogens with one attached hydrogen (secondary N) is 2. The van der Waals surface area contributed by atoms with Crippen LogP contribution in [-0.4, -0.2) is 38.3 Å². The van der Waals surface area contributed by atoms with Crippen LogP contribution in [0.5, 0.6) is 0 Å². The van der Waals surface area contributed by atoms with Crippen LogP contribution in [0, 0.1) is 0 Å². The number of carbonyl (C=O) groups excluding carboxylic acids is 1. The van der Waals surface area contributed by atoms with Crippen molar-refractivity contribution in [1.29, 1.82) is 0 Å². The molecule has 2 N–H and O–H groups in total. The Balaban J connectivity index is 2.12. The molecule has 1 fully saturated rings. The van der Waals surface area contributed by atoms with Gasteiger partial charge in [-0.2, -0.15) is 0 Å². The van der Waals surface area contributed by atoms with E-state index < -0.39 is 0 Å². The van der Waals surface area contributed by atoms with Gasteiger partial charge >= 0.3 is 0 Å². The summed E-state index contributed by atoms with van der Waals surface area (Å²) >= 11 is 0. The maximum atomic E-state index is 11.5. The molecule has 88 valence electrons. The summed E-state index contributed by atoms with van der Waals surface area (Å²) < 4.78 is 5.14. The van der Waals surface area contributed by atoms with Gasteiger partial charge in [-0.05, 0) is 26.3 Å². The molecule has 1 aliphatic rings. The second kappa shape index (κ2) is 7.65. The van der Waals surface area contributed by atoms with E-state index in [9.17, 15) is 4.79 Å². The lowest BCUT2D eigenvalue weighted by molar-refractivity contribution is -0.122. The molecule has 0 bridgehead atoms. The number of carbonyl (C=O) groups is 1. The molecule has 0 aromatic rings. The number of hydrogen-bond donors (Lipinski definition) is 2. The van der Waals surface area contributed by atoms with Crippen LogP contribution < -0.4 is 10.6 Å². The van der Waals surface area contributed by atoms with Crippen molar-refractivity contribution in [3.05, 3.63) is 0 Å². The predicted molar refractivity (Wildman–Crippen MR) is 59.8 cm³/mol. The van der Waals surface area contributed by atoms with E-state index in [1.807, 2.05) is 6.92 Å². The van der Waals surface area contributed by atoms with Crippen molar-refractivity contribution in [3.63, 3.8) is 0 Å². The van der Waals surface area contributed by atoms with E-state index in [0.717, 1.165) is 19.5 Å². The average molecular weight is 214 g/mol. The van der Waals surface area contributed by atoms with Gasteiger partial charge in [-0.25, -0.2) is 0 Å². The van der Waals surface area contributed by atoms with Crippen LogP contribution in [0.15, 0.2) is 0 Å². The van der Waals surface area contributed by atoms with Gasteiger partial charge in [0.15, 0.2) is 0 Å². The smallest absolute Gasteiger partial charge is 0.222 e. The standard InChI is InChI=1S/C11H22N2O2/c1-2-15-8-6-11(14)13-10-5-3-4-7-12-9-10/h10,12H,2-9H2,1H3,(H,13,14). The van der Waals surface area contributed by atoms with Gasteiger partial charge in [0.05, 0.1) is 6.61 Å². The SMILES string of the molecule is CCOCCC(=O)NC1CCCCNC1. The molecule has 0 radical (unpaired) electrons. The van der Waals surface area contributed by atoms with Gasteiger partial charge in [-0.15, -0.1) is 0 Å². The van der Waals surface area contributed by atoms with E-state index in [-0.39, 0.29) is 5.91 Å². The van der Waals surface area contributed by atoms with E-state index in [0.29, 0.717) is 25.7 Å². The first-order valence-corrected chi connectivity index (χ1v) is 5.90. The third-order valence-corrected chi connectivity index (χ3v) is 2.59. The van der Waals surface area contributed by atoms with Crippen molar-refractivity contribution in [1.82, 2.24) is 10.6 Å². The summed E-state index contributed by atoms with van der Waals surface area (Å²) in [6.45, 7) is 5.12. The normalized spacial score (nSPS) is 22.1. The summed E-state index contributed by atoms with van der Waals surface area (Å²) in [6.07, 6.45) is 3.98. The van der Waals surface area contributed by atoms with Gasteiger partial charge in [0, 0.05) is 25.6 Å². The molecule has 0 spiro atoms. The van der Waals surface area contributed by atoms with E-state index in [2.05, 4.69) is 10.6 Å². The zero-order chi connectivity index (χ0) is 10.9. The first-order valence-electron chi connectivity index (χ1n) is 5.90.